The third kappa shape index (κ3) is 6.84. The Morgan fingerprint density at radius 2 is 2.07 bits per heavy atom. The fraction of sp³-hybridized carbons (Fsp3) is 1.00. The molecule has 0 spiro atoms. The van der Waals surface area contributed by atoms with Gasteiger partial charge < -0.3 is 9.47 Å². The van der Waals surface area contributed by atoms with E-state index in [-0.39, 0.29) is 0 Å². The molecule has 4 heteroatoms. The summed E-state index contributed by atoms with van der Waals surface area (Å²) in [4.78, 5) is 0. The first-order valence-corrected chi connectivity index (χ1v) is 5.89. The molecule has 0 aromatic carbocycles. The molecule has 0 amide bonds. The zero-order chi connectivity index (χ0) is 10.9. The van der Waals surface area contributed by atoms with Crippen LogP contribution in [0.3, 0.4) is 0 Å². The molecule has 0 aromatic heterocycles. The average Bonchev–Trinajstić information content (AvgIpc) is 3.06. The van der Waals surface area contributed by atoms with Crippen molar-refractivity contribution in [2.24, 2.45) is 11.8 Å². The number of nitrogens with one attached hydrogen (secondary N) is 1. The molecule has 0 aliphatic heterocycles. The number of ether oxygens (including phenoxy) is 2. The Kier molecular flexibility index (Phi) is 6.92. The van der Waals surface area contributed by atoms with Crippen molar-refractivity contribution >= 4 is 0 Å². The van der Waals surface area contributed by atoms with Crippen LogP contribution in [0.5, 0.6) is 0 Å². The standard InChI is InChI=1S/C11H24N2O2/c1-14-8-9-15-7-6-11(13-12)5-4-10-2-3-10/h10-11,13H,2-9,12H2,1H3. The number of nitrogens with two attached hydrogens (primary N) is 1. The second kappa shape index (κ2) is 8.05. The van der Waals surface area contributed by atoms with Gasteiger partial charge in [-0.05, 0) is 25.2 Å². The third-order valence-electron chi connectivity index (χ3n) is 2.90. The van der Waals surface area contributed by atoms with Gasteiger partial charge in [-0.25, -0.2) is 0 Å². The number of rotatable bonds is 10. The first-order chi connectivity index (χ1) is 7.36. The van der Waals surface area contributed by atoms with Gasteiger partial charge in [0, 0.05) is 19.8 Å². The minimum absolute atomic E-state index is 0.410. The molecule has 1 atom stereocenters. The van der Waals surface area contributed by atoms with Crippen LogP contribution in [0.1, 0.15) is 32.1 Å². The van der Waals surface area contributed by atoms with E-state index in [1.165, 1.54) is 25.7 Å². The van der Waals surface area contributed by atoms with Crippen molar-refractivity contribution in [3.8, 4) is 0 Å². The number of hydrazine groups is 1. The maximum Gasteiger partial charge on any atom is 0.0700 e. The maximum absolute atomic E-state index is 5.49. The van der Waals surface area contributed by atoms with Gasteiger partial charge in [-0.1, -0.05) is 12.8 Å². The van der Waals surface area contributed by atoms with Gasteiger partial charge >= 0.3 is 0 Å². The molecule has 1 rings (SSSR count). The summed E-state index contributed by atoms with van der Waals surface area (Å²) in [7, 11) is 1.68. The molecular weight excluding hydrogens is 192 g/mol. The highest BCUT2D eigenvalue weighted by atomic mass is 16.5. The fourth-order valence-electron chi connectivity index (χ4n) is 1.62. The monoisotopic (exact) mass is 216 g/mol. The lowest BCUT2D eigenvalue weighted by molar-refractivity contribution is 0.0653. The summed E-state index contributed by atoms with van der Waals surface area (Å²) in [6, 6.07) is 0.410. The summed E-state index contributed by atoms with van der Waals surface area (Å²) in [5, 5.41) is 0. The lowest BCUT2D eigenvalue weighted by Crippen LogP contribution is -2.36. The van der Waals surface area contributed by atoms with Gasteiger partial charge in [0.05, 0.1) is 13.2 Å². The van der Waals surface area contributed by atoms with Gasteiger partial charge in [0.15, 0.2) is 0 Å². The second-order valence-corrected chi connectivity index (χ2v) is 4.28. The van der Waals surface area contributed by atoms with E-state index in [0.29, 0.717) is 19.3 Å². The lowest BCUT2D eigenvalue weighted by Gasteiger charge is -2.15. The van der Waals surface area contributed by atoms with Crippen LogP contribution in [0.4, 0.5) is 0 Å². The minimum atomic E-state index is 0.410. The van der Waals surface area contributed by atoms with Gasteiger partial charge in [0.1, 0.15) is 0 Å². The highest BCUT2D eigenvalue weighted by molar-refractivity contribution is 4.75. The molecule has 0 aromatic rings. The molecule has 1 fully saturated rings. The number of hydrogen-bond acceptors (Lipinski definition) is 4. The van der Waals surface area contributed by atoms with Gasteiger partial charge in [-0.15, -0.1) is 0 Å². The molecule has 4 nitrogen and oxygen atoms in total. The van der Waals surface area contributed by atoms with E-state index in [9.17, 15) is 0 Å². The van der Waals surface area contributed by atoms with Crippen molar-refractivity contribution in [1.29, 1.82) is 0 Å². The van der Waals surface area contributed by atoms with Crippen LogP contribution in [0.2, 0.25) is 0 Å². The summed E-state index contributed by atoms with van der Waals surface area (Å²) in [6.07, 6.45) is 6.32. The summed E-state index contributed by atoms with van der Waals surface area (Å²) >= 11 is 0. The van der Waals surface area contributed by atoms with Crippen molar-refractivity contribution in [3.63, 3.8) is 0 Å². The summed E-state index contributed by atoms with van der Waals surface area (Å²) in [6.45, 7) is 2.11. The molecule has 90 valence electrons. The predicted molar refractivity (Wildman–Crippen MR) is 60.4 cm³/mol. The number of methoxy groups -OCH3 is 1. The van der Waals surface area contributed by atoms with E-state index in [4.69, 9.17) is 15.3 Å². The largest absolute Gasteiger partial charge is 0.382 e. The first kappa shape index (κ1) is 12.9. The molecule has 1 aliphatic rings. The molecule has 15 heavy (non-hydrogen) atoms. The lowest BCUT2D eigenvalue weighted by atomic mass is 10.1. The fourth-order valence-corrected chi connectivity index (χ4v) is 1.62. The molecule has 0 radical (unpaired) electrons. The van der Waals surface area contributed by atoms with Gasteiger partial charge in [-0.3, -0.25) is 11.3 Å². The smallest absolute Gasteiger partial charge is 0.0700 e. The Morgan fingerprint density at radius 3 is 2.67 bits per heavy atom. The predicted octanol–water partition coefficient (Wildman–Crippen LogP) is 1.06. The normalized spacial score (nSPS) is 18.0. The summed E-state index contributed by atoms with van der Waals surface area (Å²) in [5.41, 5.74) is 2.86. The summed E-state index contributed by atoms with van der Waals surface area (Å²) < 4.78 is 10.3. The molecule has 1 unspecified atom stereocenters. The Balaban J connectivity index is 1.90. The Labute approximate surface area is 92.5 Å². The molecule has 0 bridgehead atoms. The van der Waals surface area contributed by atoms with Gasteiger partial charge in [0.2, 0.25) is 0 Å². The van der Waals surface area contributed by atoms with E-state index < -0.39 is 0 Å². The molecular formula is C11H24N2O2. The quantitative estimate of drug-likeness (QED) is 0.326. The first-order valence-electron chi connectivity index (χ1n) is 5.89. The second-order valence-electron chi connectivity index (χ2n) is 4.28. The maximum atomic E-state index is 5.49. The van der Waals surface area contributed by atoms with Crippen LogP contribution in [0.15, 0.2) is 0 Å². The van der Waals surface area contributed by atoms with Crippen LogP contribution < -0.4 is 11.3 Å². The molecule has 0 saturated heterocycles. The van der Waals surface area contributed by atoms with Crippen LogP contribution in [0.25, 0.3) is 0 Å². The van der Waals surface area contributed by atoms with Crippen molar-refractivity contribution in [2.75, 3.05) is 26.9 Å². The van der Waals surface area contributed by atoms with Crippen LogP contribution >= 0.6 is 0 Å². The highest BCUT2D eigenvalue weighted by Crippen LogP contribution is 2.33. The van der Waals surface area contributed by atoms with Crippen molar-refractivity contribution in [2.45, 2.75) is 38.1 Å². The van der Waals surface area contributed by atoms with Gasteiger partial charge in [-0.2, -0.15) is 0 Å². The van der Waals surface area contributed by atoms with Gasteiger partial charge in [0.25, 0.3) is 0 Å². The Bertz CT molecular complexity index is 152. The molecule has 1 aliphatic carbocycles. The SMILES string of the molecule is COCCOCCC(CCC1CC1)NN. The minimum Gasteiger partial charge on any atom is -0.382 e. The van der Waals surface area contributed by atoms with Crippen LogP contribution in [-0.4, -0.2) is 33.0 Å². The Morgan fingerprint density at radius 1 is 1.27 bits per heavy atom. The van der Waals surface area contributed by atoms with Crippen molar-refractivity contribution < 1.29 is 9.47 Å². The van der Waals surface area contributed by atoms with Crippen molar-refractivity contribution in [1.82, 2.24) is 5.43 Å². The topological polar surface area (TPSA) is 56.5 Å². The zero-order valence-corrected chi connectivity index (χ0v) is 9.71. The van der Waals surface area contributed by atoms with E-state index in [1.54, 1.807) is 7.11 Å². The molecule has 3 N–H and O–H groups in total. The van der Waals surface area contributed by atoms with Crippen LogP contribution in [-0.2, 0) is 9.47 Å². The van der Waals surface area contributed by atoms with E-state index >= 15 is 0 Å². The number of hydrogen-bond donors (Lipinski definition) is 2. The zero-order valence-electron chi connectivity index (χ0n) is 9.71. The van der Waals surface area contributed by atoms with E-state index in [0.717, 1.165) is 18.9 Å². The summed E-state index contributed by atoms with van der Waals surface area (Å²) in [5.74, 6) is 6.47. The molecule has 1 saturated carbocycles. The molecule has 0 heterocycles. The Hall–Kier alpha value is -0.160. The average molecular weight is 216 g/mol. The van der Waals surface area contributed by atoms with E-state index in [2.05, 4.69) is 5.43 Å². The van der Waals surface area contributed by atoms with Crippen molar-refractivity contribution in [3.05, 3.63) is 0 Å². The van der Waals surface area contributed by atoms with Crippen LogP contribution in [0, 0.1) is 5.92 Å². The third-order valence-corrected chi connectivity index (χ3v) is 2.90. The van der Waals surface area contributed by atoms with E-state index in [1.807, 2.05) is 0 Å². The highest BCUT2D eigenvalue weighted by Gasteiger charge is 2.22.